The van der Waals surface area contributed by atoms with Crippen LogP contribution in [0.25, 0.3) is 10.8 Å². The van der Waals surface area contributed by atoms with E-state index in [1.807, 2.05) is 66.7 Å². The van der Waals surface area contributed by atoms with E-state index in [9.17, 15) is 4.79 Å². The molecule has 0 bridgehead atoms. The van der Waals surface area contributed by atoms with Gasteiger partial charge in [-0.2, -0.15) is 0 Å². The molecule has 0 heterocycles. The zero-order valence-corrected chi connectivity index (χ0v) is 14.3. The van der Waals surface area contributed by atoms with Crippen molar-refractivity contribution in [3.63, 3.8) is 0 Å². The number of fused-ring (bicyclic) bond motifs is 1. The lowest BCUT2D eigenvalue weighted by atomic mass is 10.0. The molecule has 0 fully saturated rings. The maximum Gasteiger partial charge on any atom is 0.193 e. The average Bonchev–Trinajstić information content (AvgIpc) is 2.72. The molecule has 0 aromatic heterocycles. The summed E-state index contributed by atoms with van der Waals surface area (Å²) in [5.41, 5.74) is 2.47. The van der Waals surface area contributed by atoms with Gasteiger partial charge in [0.2, 0.25) is 0 Å². The van der Waals surface area contributed by atoms with Gasteiger partial charge in [-0.1, -0.05) is 66.7 Å². The predicted molar refractivity (Wildman–Crippen MR) is 105 cm³/mol. The lowest BCUT2D eigenvalue weighted by Gasteiger charge is -2.08. The van der Waals surface area contributed by atoms with Crippen LogP contribution >= 0.6 is 0 Å². The maximum absolute atomic E-state index is 12.4. The van der Waals surface area contributed by atoms with E-state index in [4.69, 9.17) is 4.74 Å². The molecule has 0 spiro atoms. The minimum atomic E-state index is 0.0201. The summed E-state index contributed by atoms with van der Waals surface area (Å²) in [6.07, 6.45) is 0. The Kier molecular flexibility index (Phi) is 4.48. The monoisotopic (exact) mass is 338 g/mol. The van der Waals surface area contributed by atoms with Crippen molar-refractivity contribution in [2.45, 2.75) is 6.61 Å². The third-order valence-electron chi connectivity index (χ3n) is 4.37. The van der Waals surface area contributed by atoms with Crippen molar-refractivity contribution in [2.75, 3.05) is 0 Å². The molecule has 26 heavy (non-hydrogen) atoms. The molecule has 0 saturated heterocycles. The smallest absolute Gasteiger partial charge is 0.193 e. The van der Waals surface area contributed by atoms with Crippen LogP contribution in [-0.2, 0) is 6.61 Å². The second-order valence-electron chi connectivity index (χ2n) is 6.19. The minimum absolute atomic E-state index is 0.0201. The molecule has 0 unspecified atom stereocenters. The molecule has 0 aliphatic carbocycles. The van der Waals surface area contributed by atoms with Crippen LogP contribution in [0.5, 0.6) is 5.75 Å². The van der Waals surface area contributed by atoms with E-state index in [1.165, 1.54) is 10.8 Å². The van der Waals surface area contributed by atoms with Gasteiger partial charge in [-0.05, 0) is 46.7 Å². The Morgan fingerprint density at radius 3 is 2.08 bits per heavy atom. The number of carbonyl (C=O) groups is 1. The first-order valence-electron chi connectivity index (χ1n) is 8.60. The molecule has 0 radical (unpaired) electrons. The van der Waals surface area contributed by atoms with Crippen molar-refractivity contribution in [1.29, 1.82) is 0 Å². The average molecular weight is 338 g/mol. The molecule has 0 N–H and O–H groups in total. The Labute approximate surface area is 152 Å². The Hall–Kier alpha value is -3.39. The normalized spacial score (nSPS) is 10.6. The van der Waals surface area contributed by atoms with Crippen molar-refractivity contribution >= 4 is 16.6 Å². The highest BCUT2D eigenvalue weighted by atomic mass is 16.5. The van der Waals surface area contributed by atoms with Crippen LogP contribution < -0.4 is 4.74 Å². The van der Waals surface area contributed by atoms with Gasteiger partial charge in [0.1, 0.15) is 12.4 Å². The Balaban J connectivity index is 1.44. The zero-order chi connectivity index (χ0) is 17.8. The fourth-order valence-corrected chi connectivity index (χ4v) is 2.95. The van der Waals surface area contributed by atoms with Gasteiger partial charge in [0, 0.05) is 11.1 Å². The molecule has 4 rings (SSSR count). The molecule has 0 saturated carbocycles. The van der Waals surface area contributed by atoms with E-state index >= 15 is 0 Å². The lowest BCUT2D eigenvalue weighted by molar-refractivity contribution is 0.103. The summed E-state index contributed by atoms with van der Waals surface area (Å²) in [4.78, 5) is 12.4. The fourth-order valence-electron chi connectivity index (χ4n) is 2.95. The molecule has 0 atom stereocenters. The van der Waals surface area contributed by atoms with E-state index in [-0.39, 0.29) is 5.78 Å². The molecule has 2 nitrogen and oxygen atoms in total. The molecule has 126 valence electrons. The summed E-state index contributed by atoms with van der Waals surface area (Å²) < 4.78 is 5.87. The summed E-state index contributed by atoms with van der Waals surface area (Å²) in [7, 11) is 0. The van der Waals surface area contributed by atoms with Crippen molar-refractivity contribution in [1.82, 2.24) is 0 Å². The number of hydrogen-bond donors (Lipinski definition) is 0. The highest BCUT2D eigenvalue weighted by Crippen LogP contribution is 2.19. The van der Waals surface area contributed by atoms with Gasteiger partial charge < -0.3 is 4.74 Å². The van der Waals surface area contributed by atoms with Gasteiger partial charge in [0.25, 0.3) is 0 Å². The molecule has 0 aliphatic rings. The van der Waals surface area contributed by atoms with Gasteiger partial charge in [-0.15, -0.1) is 0 Å². The van der Waals surface area contributed by atoms with E-state index in [1.54, 1.807) is 0 Å². The van der Waals surface area contributed by atoms with Crippen LogP contribution in [0.2, 0.25) is 0 Å². The Morgan fingerprint density at radius 2 is 1.31 bits per heavy atom. The summed E-state index contributed by atoms with van der Waals surface area (Å²) >= 11 is 0. The number of benzene rings is 4. The van der Waals surface area contributed by atoms with E-state index in [2.05, 4.69) is 30.3 Å². The second kappa shape index (κ2) is 7.24. The third kappa shape index (κ3) is 3.50. The fraction of sp³-hybridized carbons (Fsp3) is 0.0417. The first-order valence-corrected chi connectivity index (χ1v) is 8.60. The lowest BCUT2D eigenvalue weighted by Crippen LogP contribution is -2.01. The number of rotatable bonds is 5. The van der Waals surface area contributed by atoms with Gasteiger partial charge in [0.05, 0.1) is 0 Å². The minimum Gasteiger partial charge on any atom is -0.489 e. The van der Waals surface area contributed by atoms with Gasteiger partial charge in [-0.3, -0.25) is 4.79 Å². The van der Waals surface area contributed by atoms with Gasteiger partial charge in [0.15, 0.2) is 5.78 Å². The SMILES string of the molecule is O=C(c1ccccc1)c1ccc(OCc2ccc3ccccc3c2)cc1. The number of hydrogen-bond acceptors (Lipinski definition) is 2. The van der Waals surface area contributed by atoms with Crippen LogP contribution in [-0.4, -0.2) is 5.78 Å². The summed E-state index contributed by atoms with van der Waals surface area (Å²) in [6, 6.07) is 31.2. The summed E-state index contributed by atoms with van der Waals surface area (Å²) in [5, 5.41) is 2.43. The number of ketones is 1. The molecule has 0 amide bonds. The molecular formula is C24H18O2. The van der Waals surface area contributed by atoms with Crippen molar-refractivity contribution in [3.05, 3.63) is 114 Å². The Bertz CT molecular complexity index is 1030. The quantitative estimate of drug-likeness (QED) is 0.440. The van der Waals surface area contributed by atoms with Gasteiger partial charge >= 0.3 is 0 Å². The molecule has 4 aromatic rings. The largest absolute Gasteiger partial charge is 0.489 e. The van der Waals surface area contributed by atoms with Crippen molar-refractivity contribution in [2.24, 2.45) is 0 Å². The van der Waals surface area contributed by atoms with E-state index in [0.29, 0.717) is 17.7 Å². The van der Waals surface area contributed by atoms with Crippen LogP contribution in [0.3, 0.4) is 0 Å². The first kappa shape index (κ1) is 16.1. The molecular weight excluding hydrogens is 320 g/mol. The Morgan fingerprint density at radius 1 is 0.654 bits per heavy atom. The predicted octanol–water partition coefficient (Wildman–Crippen LogP) is 5.65. The summed E-state index contributed by atoms with van der Waals surface area (Å²) in [6.45, 7) is 0.497. The zero-order valence-electron chi connectivity index (χ0n) is 14.3. The highest BCUT2D eigenvalue weighted by Gasteiger charge is 2.08. The third-order valence-corrected chi connectivity index (χ3v) is 4.37. The molecule has 0 aliphatic heterocycles. The van der Waals surface area contributed by atoms with Crippen LogP contribution in [0.1, 0.15) is 21.5 Å². The number of carbonyl (C=O) groups excluding carboxylic acids is 1. The topological polar surface area (TPSA) is 26.3 Å². The molecule has 4 aromatic carbocycles. The van der Waals surface area contributed by atoms with Crippen LogP contribution in [0.4, 0.5) is 0 Å². The van der Waals surface area contributed by atoms with Gasteiger partial charge in [-0.25, -0.2) is 0 Å². The van der Waals surface area contributed by atoms with Crippen molar-refractivity contribution < 1.29 is 9.53 Å². The van der Waals surface area contributed by atoms with Crippen LogP contribution in [0.15, 0.2) is 97.1 Å². The van der Waals surface area contributed by atoms with E-state index < -0.39 is 0 Å². The standard InChI is InChI=1S/C24H18O2/c25-24(20-7-2-1-3-8-20)21-12-14-23(15-13-21)26-17-18-10-11-19-6-4-5-9-22(19)16-18/h1-16H,17H2. The number of ether oxygens (including phenoxy) is 1. The maximum atomic E-state index is 12.4. The summed E-state index contributed by atoms with van der Waals surface area (Å²) in [5.74, 6) is 0.773. The van der Waals surface area contributed by atoms with Crippen molar-refractivity contribution in [3.8, 4) is 5.75 Å². The molecule has 2 heteroatoms. The second-order valence-corrected chi connectivity index (χ2v) is 6.19. The highest BCUT2D eigenvalue weighted by molar-refractivity contribution is 6.08. The van der Waals surface area contributed by atoms with E-state index in [0.717, 1.165) is 11.3 Å². The first-order chi connectivity index (χ1) is 12.8. The van der Waals surface area contributed by atoms with Crippen LogP contribution in [0, 0.1) is 0 Å².